The van der Waals surface area contributed by atoms with E-state index < -0.39 is 0 Å². The zero-order valence-electron chi connectivity index (χ0n) is 9.86. The molecule has 1 aliphatic carbocycles. The highest BCUT2D eigenvalue weighted by atomic mass is 16.5. The van der Waals surface area contributed by atoms with E-state index in [4.69, 9.17) is 4.52 Å². The summed E-state index contributed by atoms with van der Waals surface area (Å²) in [5.74, 6) is 0.935. The first-order valence-corrected chi connectivity index (χ1v) is 5.44. The van der Waals surface area contributed by atoms with Gasteiger partial charge in [0.25, 0.3) is 0 Å². The van der Waals surface area contributed by atoms with Crippen molar-refractivity contribution in [3.05, 3.63) is 23.7 Å². The monoisotopic (exact) mass is 220 g/mol. The third-order valence-corrected chi connectivity index (χ3v) is 2.49. The van der Waals surface area contributed by atoms with E-state index in [1.54, 1.807) is 12.3 Å². The molecule has 1 heterocycles. The van der Waals surface area contributed by atoms with Crippen LogP contribution in [0.5, 0.6) is 0 Å². The van der Waals surface area contributed by atoms with Gasteiger partial charge < -0.3 is 9.42 Å². The standard InChI is InChI=1S/C12H16N2O2/c1-8-6-11(16-13-8)10(7-14(2)3)12(15)9-4-5-9/h6-7,9H,4-5H2,1-3H3. The van der Waals surface area contributed by atoms with Crippen molar-refractivity contribution in [2.24, 2.45) is 5.92 Å². The molecule has 16 heavy (non-hydrogen) atoms. The summed E-state index contributed by atoms with van der Waals surface area (Å²) < 4.78 is 5.16. The van der Waals surface area contributed by atoms with Gasteiger partial charge in [0.2, 0.25) is 0 Å². The van der Waals surface area contributed by atoms with Crippen molar-refractivity contribution in [2.45, 2.75) is 19.8 Å². The van der Waals surface area contributed by atoms with E-state index in [1.165, 1.54) is 0 Å². The molecule has 86 valence electrons. The molecule has 0 aliphatic heterocycles. The number of allylic oxidation sites excluding steroid dienone is 1. The quantitative estimate of drug-likeness (QED) is 0.727. The molecule has 0 radical (unpaired) electrons. The number of hydrogen-bond acceptors (Lipinski definition) is 4. The zero-order valence-corrected chi connectivity index (χ0v) is 9.86. The molecule has 0 spiro atoms. The Morgan fingerprint density at radius 3 is 2.69 bits per heavy atom. The number of aryl methyl sites for hydroxylation is 1. The summed E-state index contributed by atoms with van der Waals surface area (Å²) in [4.78, 5) is 13.9. The van der Waals surface area contributed by atoms with Crippen LogP contribution >= 0.6 is 0 Å². The van der Waals surface area contributed by atoms with E-state index in [0.29, 0.717) is 11.3 Å². The summed E-state index contributed by atoms with van der Waals surface area (Å²) in [6.07, 6.45) is 3.80. The average molecular weight is 220 g/mol. The largest absolute Gasteiger partial charge is 0.383 e. The Balaban J connectivity index is 2.30. The minimum absolute atomic E-state index is 0.171. The maximum Gasteiger partial charge on any atom is 0.172 e. The first-order chi connectivity index (χ1) is 7.58. The maximum atomic E-state index is 12.1. The zero-order chi connectivity index (χ0) is 11.7. The summed E-state index contributed by atoms with van der Waals surface area (Å²) in [5, 5.41) is 3.82. The van der Waals surface area contributed by atoms with Gasteiger partial charge in [0, 0.05) is 32.3 Å². The van der Waals surface area contributed by atoms with Crippen LogP contribution in [0, 0.1) is 12.8 Å². The van der Waals surface area contributed by atoms with Crippen LogP contribution in [0.1, 0.15) is 24.3 Å². The molecule has 0 amide bonds. The Bertz CT molecular complexity index is 428. The summed E-state index contributed by atoms with van der Waals surface area (Å²) in [7, 11) is 3.78. The van der Waals surface area contributed by atoms with Gasteiger partial charge in [-0.1, -0.05) is 5.16 Å². The number of hydrogen-bond donors (Lipinski definition) is 0. The third kappa shape index (κ3) is 2.32. The van der Waals surface area contributed by atoms with Crippen molar-refractivity contribution in [3.8, 4) is 0 Å². The van der Waals surface area contributed by atoms with Crippen LogP contribution < -0.4 is 0 Å². The van der Waals surface area contributed by atoms with Crippen molar-refractivity contribution >= 4 is 11.4 Å². The van der Waals surface area contributed by atoms with Gasteiger partial charge in [-0.2, -0.15) is 0 Å². The molecule has 4 heteroatoms. The first-order valence-electron chi connectivity index (χ1n) is 5.44. The van der Waals surface area contributed by atoms with Crippen LogP contribution in [0.25, 0.3) is 5.57 Å². The predicted octanol–water partition coefficient (Wildman–Crippen LogP) is 1.86. The minimum Gasteiger partial charge on any atom is -0.383 e. The predicted molar refractivity (Wildman–Crippen MR) is 60.6 cm³/mol. The molecular formula is C12H16N2O2. The molecule has 0 unspecified atom stereocenters. The molecule has 1 fully saturated rings. The molecule has 1 aliphatic rings. The summed E-state index contributed by atoms with van der Waals surface area (Å²) in [6, 6.07) is 1.80. The second kappa shape index (κ2) is 4.12. The van der Waals surface area contributed by atoms with Gasteiger partial charge in [0.1, 0.15) is 0 Å². The lowest BCUT2D eigenvalue weighted by molar-refractivity contribution is -0.114. The van der Waals surface area contributed by atoms with Gasteiger partial charge >= 0.3 is 0 Å². The fourth-order valence-corrected chi connectivity index (χ4v) is 1.56. The van der Waals surface area contributed by atoms with Gasteiger partial charge in [-0.15, -0.1) is 0 Å². The van der Waals surface area contributed by atoms with Gasteiger partial charge in [-0.25, -0.2) is 0 Å². The number of carbonyl (C=O) groups excluding carboxylic acids is 1. The molecule has 0 aromatic carbocycles. The Morgan fingerprint density at radius 1 is 1.56 bits per heavy atom. The molecule has 4 nitrogen and oxygen atoms in total. The van der Waals surface area contributed by atoms with Crippen molar-refractivity contribution in [1.82, 2.24) is 10.1 Å². The Kier molecular flexibility index (Phi) is 2.81. The molecule has 0 N–H and O–H groups in total. The molecule has 2 rings (SSSR count). The fraction of sp³-hybridized carbons (Fsp3) is 0.500. The topological polar surface area (TPSA) is 46.3 Å². The van der Waals surface area contributed by atoms with Crippen LogP contribution in [0.2, 0.25) is 0 Å². The van der Waals surface area contributed by atoms with E-state index in [1.807, 2.05) is 25.9 Å². The van der Waals surface area contributed by atoms with Crippen molar-refractivity contribution < 1.29 is 9.32 Å². The van der Waals surface area contributed by atoms with Crippen molar-refractivity contribution in [2.75, 3.05) is 14.1 Å². The van der Waals surface area contributed by atoms with E-state index in [0.717, 1.165) is 18.5 Å². The molecular weight excluding hydrogens is 204 g/mol. The third-order valence-electron chi connectivity index (χ3n) is 2.49. The van der Waals surface area contributed by atoms with E-state index >= 15 is 0 Å². The van der Waals surface area contributed by atoms with E-state index in [9.17, 15) is 4.79 Å². The highest BCUT2D eigenvalue weighted by Crippen LogP contribution is 2.35. The highest BCUT2D eigenvalue weighted by molar-refractivity contribution is 6.21. The van der Waals surface area contributed by atoms with Crippen LogP contribution in [0.4, 0.5) is 0 Å². The van der Waals surface area contributed by atoms with Crippen LogP contribution in [0.3, 0.4) is 0 Å². The second-order valence-corrected chi connectivity index (χ2v) is 4.48. The molecule has 1 aromatic rings. The smallest absolute Gasteiger partial charge is 0.172 e. The van der Waals surface area contributed by atoms with E-state index in [2.05, 4.69) is 5.16 Å². The van der Waals surface area contributed by atoms with E-state index in [-0.39, 0.29) is 11.7 Å². The van der Waals surface area contributed by atoms with Gasteiger partial charge in [-0.05, 0) is 19.8 Å². The van der Waals surface area contributed by atoms with Crippen molar-refractivity contribution in [3.63, 3.8) is 0 Å². The number of Topliss-reactive ketones (excluding diaryl/α,β-unsaturated/α-hetero) is 1. The minimum atomic E-state index is 0.171. The normalized spacial score (nSPS) is 16.3. The number of rotatable bonds is 4. The number of ketones is 1. The number of nitrogens with zero attached hydrogens (tertiary/aromatic N) is 2. The van der Waals surface area contributed by atoms with Crippen LogP contribution in [0.15, 0.2) is 16.8 Å². The van der Waals surface area contributed by atoms with Gasteiger partial charge in [0.15, 0.2) is 11.5 Å². The molecule has 1 saturated carbocycles. The fourth-order valence-electron chi connectivity index (χ4n) is 1.56. The second-order valence-electron chi connectivity index (χ2n) is 4.48. The number of aromatic nitrogens is 1. The number of carbonyl (C=O) groups is 1. The lowest BCUT2D eigenvalue weighted by Crippen LogP contribution is -2.09. The lowest BCUT2D eigenvalue weighted by Gasteiger charge is -2.08. The van der Waals surface area contributed by atoms with Crippen LogP contribution in [-0.4, -0.2) is 29.9 Å². The summed E-state index contributed by atoms with van der Waals surface area (Å²) in [6.45, 7) is 1.85. The maximum absolute atomic E-state index is 12.1. The SMILES string of the molecule is Cc1cc(C(=CN(C)C)C(=O)C2CC2)on1. The van der Waals surface area contributed by atoms with Gasteiger partial charge in [-0.3, -0.25) is 4.79 Å². The Morgan fingerprint density at radius 2 is 2.25 bits per heavy atom. The molecule has 0 atom stereocenters. The summed E-state index contributed by atoms with van der Waals surface area (Å²) >= 11 is 0. The first kappa shape index (κ1) is 10.9. The molecule has 1 aromatic heterocycles. The highest BCUT2D eigenvalue weighted by Gasteiger charge is 2.33. The lowest BCUT2D eigenvalue weighted by atomic mass is 10.1. The van der Waals surface area contributed by atoms with Gasteiger partial charge in [0.05, 0.1) is 11.3 Å². The summed E-state index contributed by atoms with van der Waals surface area (Å²) in [5.41, 5.74) is 1.43. The average Bonchev–Trinajstić information content (AvgIpc) is 2.97. The van der Waals surface area contributed by atoms with Crippen molar-refractivity contribution in [1.29, 1.82) is 0 Å². The Labute approximate surface area is 94.9 Å². The molecule has 0 bridgehead atoms. The molecule has 0 saturated heterocycles. The Hall–Kier alpha value is -1.58. The van der Waals surface area contributed by atoms with Crippen LogP contribution in [-0.2, 0) is 4.79 Å².